The number of pyridine rings is 1. The van der Waals surface area contributed by atoms with Gasteiger partial charge in [0.1, 0.15) is 5.01 Å². The summed E-state index contributed by atoms with van der Waals surface area (Å²) in [7, 11) is 0. The first-order valence-electron chi connectivity index (χ1n) is 12.5. The van der Waals surface area contributed by atoms with Crippen molar-refractivity contribution in [3.63, 3.8) is 0 Å². The highest BCUT2D eigenvalue weighted by molar-refractivity contribution is 7.28. The average Bonchev–Trinajstić information content (AvgIpc) is 3.54. The van der Waals surface area contributed by atoms with Gasteiger partial charge in [-0.2, -0.15) is 13.2 Å². The van der Waals surface area contributed by atoms with E-state index < -0.39 is 11.6 Å². The zero-order valence-electron chi connectivity index (χ0n) is 22.1. The van der Waals surface area contributed by atoms with Crippen LogP contribution in [0.4, 0.5) is 13.2 Å². The molecule has 200 valence electrons. The van der Waals surface area contributed by atoms with Gasteiger partial charge in [-0.05, 0) is 39.9 Å². The third kappa shape index (κ3) is 4.64. The van der Waals surface area contributed by atoms with Gasteiger partial charge in [-0.1, -0.05) is 81.6 Å². The first-order valence-corrected chi connectivity index (χ1v) is 15.1. The molecular formula is C30H26F3N3S3. The third-order valence-electron chi connectivity index (χ3n) is 7.04. The molecule has 2 aromatic carbocycles. The number of aromatic nitrogens is 3. The summed E-state index contributed by atoms with van der Waals surface area (Å²) in [6, 6.07) is 14.9. The quantitative estimate of drug-likeness (QED) is 0.208. The van der Waals surface area contributed by atoms with Crippen LogP contribution >= 0.6 is 34.0 Å². The van der Waals surface area contributed by atoms with E-state index in [1.807, 2.05) is 12.3 Å². The Bertz CT molecular complexity index is 1820. The summed E-state index contributed by atoms with van der Waals surface area (Å²) in [5.74, 6) is 0. The van der Waals surface area contributed by atoms with Crippen LogP contribution < -0.4 is 0 Å². The van der Waals surface area contributed by atoms with Gasteiger partial charge in [-0.25, -0.2) is 9.97 Å². The molecule has 6 rings (SSSR count). The van der Waals surface area contributed by atoms with E-state index in [1.54, 1.807) is 11.3 Å². The molecule has 0 bridgehead atoms. The normalized spacial score (nSPS) is 13.2. The molecule has 0 radical (unpaired) electrons. The molecule has 3 nitrogen and oxygen atoms in total. The van der Waals surface area contributed by atoms with Crippen LogP contribution in [0, 0.1) is 5.41 Å². The lowest BCUT2D eigenvalue weighted by Gasteiger charge is -2.26. The van der Waals surface area contributed by atoms with Crippen molar-refractivity contribution in [1.29, 1.82) is 0 Å². The number of thiophene rings is 1. The van der Waals surface area contributed by atoms with Crippen LogP contribution in [0.1, 0.15) is 45.2 Å². The van der Waals surface area contributed by atoms with E-state index in [0.29, 0.717) is 14.7 Å². The number of hydrogen-bond acceptors (Lipinski definition) is 6. The van der Waals surface area contributed by atoms with Gasteiger partial charge in [0, 0.05) is 34.5 Å². The highest BCUT2D eigenvalue weighted by Crippen LogP contribution is 2.45. The maximum absolute atomic E-state index is 13.4. The Balaban J connectivity index is 1.41. The standard InChI is InChI=1S/C30H26F3N3S3/c1-28(2,3)21-13-17(12-16-8-6-7-9-18(16)21)23-24-19(10-11-34-23)20(15-37-24)25-36-27-26(39-25)35-22(38-27)14-29(4,5)30(31,32)33/h6-13,15H,14H2,1-5H3. The number of hydrogen-bond donors (Lipinski definition) is 0. The molecule has 0 aliphatic carbocycles. The summed E-state index contributed by atoms with van der Waals surface area (Å²) >= 11 is 4.31. The van der Waals surface area contributed by atoms with Crippen LogP contribution in [0.2, 0.25) is 0 Å². The lowest BCUT2D eigenvalue weighted by Crippen LogP contribution is -2.34. The number of benzene rings is 2. The molecule has 0 saturated carbocycles. The van der Waals surface area contributed by atoms with Crippen molar-refractivity contribution in [3.05, 3.63) is 64.6 Å². The van der Waals surface area contributed by atoms with Gasteiger partial charge >= 0.3 is 6.18 Å². The van der Waals surface area contributed by atoms with Gasteiger partial charge in [0.15, 0.2) is 9.66 Å². The fourth-order valence-electron chi connectivity index (χ4n) is 4.75. The van der Waals surface area contributed by atoms with Crippen LogP contribution in [-0.2, 0) is 11.8 Å². The average molecular weight is 582 g/mol. The first kappa shape index (κ1) is 26.3. The predicted molar refractivity (Wildman–Crippen MR) is 159 cm³/mol. The summed E-state index contributed by atoms with van der Waals surface area (Å²) in [5, 5.41) is 6.88. The highest BCUT2D eigenvalue weighted by atomic mass is 32.1. The lowest BCUT2D eigenvalue weighted by molar-refractivity contribution is -0.211. The second-order valence-electron chi connectivity index (χ2n) is 11.5. The van der Waals surface area contributed by atoms with Crippen molar-refractivity contribution >= 4 is 64.5 Å². The first-order chi connectivity index (χ1) is 18.3. The molecule has 9 heteroatoms. The number of halogens is 3. The van der Waals surface area contributed by atoms with Crippen LogP contribution in [0.3, 0.4) is 0 Å². The topological polar surface area (TPSA) is 38.7 Å². The molecule has 0 atom stereocenters. The Morgan fingerprint density at radius 1 is 0.846 bits per heavy atom. The van der Waals surface area contributed by atoms with Crippen LogP contribution in [0.5, 0.6) is 0 Å². The predicted octanol–water partition coefficient (Wildman–Crippen LogP) is 10.3. The van der Waals surface area contributed by atoms with Gasteiger partial charge in [0.2, 0.25) is 0 Å². The SMILES string of the molecule is CC(C)(C)c1cc(-c2nccc3c(-c4nc5sc(CC(C)(C)C(F)(F)F)nc5s4)csc23)cc2ccccc12. The zero-order chi connectivity index (χ0) is 27.7. The second-order valence-corrected chi connectivity index (χ2v) is 14.4. The number of rotatable bonds is 4. The number of fused-ring (bicyclic) bond motifs is 3. The maximum atomic E-state index is 13.4. The molecule has 0 aliphatic heterocycles. The summed E-state index contributed by atoms with van der Waals surface area (Å²) < 4.78 is 41.2. The Morgan fingerprint density at radius 2 is 1.59 bits per heavy atom. The molecule has 0 aliphatic rings. The molecule has 39 heavy (non-hydrogen) atoms. The van der Waals surface area contributed by atoms with Gasteiger partial charge in [-0.3, -0.25) is 4.98 Å². The van der Waals surface area contributed by atoms with E-state index in [1.165, 1.54) is 52.9 Å². The van der Waals surface area contributed by atoms with Crippen molar-refractivity contribution in [2.45, 2.75) is 52.6 Å². The lowest BCUT2D eigenvalue weighted by atomic mass is 9.82. The van der Waals surface area contributed by atoms with Gasteiger partial charge in [0.25, 0.3) is 0 Å². The zero-order valence-corrected chi connectivity index (χ0v) is 24.6. The van der Waals surface area contributed by atoms with Gasteiger partial charge < -0.3 is 0 Å². The Labute approximate surface area is 236 Å². The molecule has 0 unspecified atom stereocenters. The van der Waals surface area contributed by atoms with Crippen LogP contribution in [0.25, 0.3) is 52.3 Å². The smallest absolute Gasteiger partial charge is 0.255 e. The molecule has 4 heterocycles. The van der Waals surface area contributed by atoms with Gasteiger partial charge in [0.05, 0.1) is 20.8 Å². The minimum absolute atomic E-state index is 0.0298. The molecule has 4 aromatic heterocycles. The Hall–Kier alpha value is -2.88. The molecule has 0 spiro atoms. The molecule has 0 fully saturated rings. The molecule has 0 amide bonds. The summed E-state index contributed by atoms with van der Waals surface area (Å²) in [4.78, 5) is 15.5. The van der Waals surface area contributed by atoms with Gasteiger partial charge in [-0.15, -0.1) is 11.3 Å². The van der Waals surface area contributed by atoms with E-state index in [9.17, 15) is 13.2 Å². The molecule has 6 aromatic rings. The fraction of sp³-hybridized carbons (Fsp3) is 0.300. The summed E-state index contributed by atoms with van der Waals surface area (Å²) in [5.41, 5.74) is 2.44. The summed E-state index contributed by atoms with van der Waals surface area (Å²) in [6.07, 6.45) is -2.60. The maximum Gasteiger partial charge on any atom is 0.394 e. The molecule has 0 saturated heterocycles. The molecule has 0 N–H and O–H groups in total. The van der Waals surface area contributed by atoms with Crippen molar-refractivity contribution in [2.24, 2.45) is 5.41 Å². The van der Waals surface area contributed by atoms with E-state index >= 15 is 0 Å². The van der Waals surface area contributed by atoms with Crippen molar-refractivity contribution in [1.82, 2.24) is 15.0 Å². The third-order valence-corrected chi connectivity index (χ3v) is 10.1. The Kier molecular flexibility index (Phi) is 6.13. The van der Waals surface area contributed by atoms with Crippen molar-refractivity contribution in [3.8, 4) is 21.8 Å². The fourth-order valence-corrected chi connectivity index (χ4v) is 8.20. The monoisotopic (exact) mass is 581 g/mol. The van der Waals surface area contributed by atoms with E-state index in [-0.39, 0.29) is 11.8 Å². The van der Waals surface area contributed by atoms with E-state index in [0.717, 1.165) is 31.9 Å². The largest absolute Gasteiger partial charge is 0.394 e. The van der Waals surface area contributed by atoms with E-state index in [2.05, 4.69) is 67.5 Å². The second kappa shape index (κ2) is 9.08. The molecular weight excluding hydrogens is 556 g/mol. The highest BCUT2D eigenvalue weighted by Gasteiger charge is 2.47. The van der Waals surface area contributed by atoms with Crippen molar-refractivity contribution < 1.29 is 13.2 Å². The summed E-state index contributed by atoms with van der Waals surface area (Å²) in [6.45, 7) is 9.11. The minimum Gasteiger partial charge on any atom is -0.255 e. The van der Waals surface area contributed by atoms with Crippen LogP contribution in [0.15, 0.2) is 54.0 Å². The van der Waals surface area contributed by atoms with Crippen LogP contribution in [-0.4, -0.2) is 21.1 Å². The number of alkyl halides is 3. The Morgan fingerprint density at radius 3 is 2.31 bits per heavy atom. The number of thiazole rings is 2. The van der Waals surface area contributed by atoms with Crippen molar-refractivity contribution in [2.75, 3.05) is 0 Å². The van der Waals surface area contributed by atoms with E-state index in [4.69, 9.17) is 9.97 Å². The number of nitrogens with zero attached hydrogens (tertiary/aromatic N) is 3. The minimum atomic E-state index is -4.29.